The third-order valence-corrected chi connectivity index (χ3v) is 5.00. The molecule has 0 saturated heterocycles. The van der Waals surface area contributed by atoms with E-state index in [9.17, 15) is 13.9 Å². The summed E-state index contributed by atoms with van der Waals surface area (Å²) in [7, 11) is 0. The Hall–Kier alpha value is -1.16. The number of hydrogen-bond donors (Lipinski definition) is 2. The fraction of sp³-hybridized carbons (Fsp3) is 0.625. The highest BCUT2D eigenvalue weighted by molar-refractivity contribution is 5.46. The lowest BCUT2D eigenvalue weighted by molar-refractivity contribution is -0.0835. The molecule has 0 aromatic heterocycles. The Morgan fingerprint density at radius 3 is 2.70 bits per heavy atom. The summed E-state index contributed by atoms with van der Waals surface area (Å²) in [4.78, 5) is 0. The molecule has 1 aromatic carbocycles. The summed E-state index contributed by atoms with van der Waals surface area (Å²) in [6.07, 6.45) is 6.97. The summed E-state index contributed by atoms with van der Waals surface area (Å²) >= 11 is 0. The minimum Gasteiger partial charge on any atom is -0.387 e. The van der Waals surface area contributed by atoms with Crippen molar-refractivity contribution in [1.82, 2.24) is 0 Å². The first-order chi connectivity index (χ1) is 9.59. The van der Waals surface area contributed by atoms with Crippen molar-refractivity contribution in [3.05, 3.63) is 29.8 Å². The molecule has 1 aromatic rings. The van der Waals surface area contributed by atoms with E-state index < -0.39 is 17.2 Å². The number of rotatable bonds is 2. The van der Waals surface area contributed by atoms with Crippen molar-refractivity contribution in [3.8, 4) is 0 Å². The van der Waals surface area contributed by atoms with Crippen molar-refractivity contribution in [2.24, 2.45) is 5.92 Å². The molecule has 20 heavy (non-hydrogen) atoms. The first-order valence-electron chi connectivity index (χ1n) is 7.53. The van der Waals surface area contributed by atoms with E-state index in [1.807, 2.05) is 0 Å². The molecule has 2 aliphatic rings. The smallest absolute Gasteiger partial charge is 0.149 e. The Bertz CT molecular complexity index is 491. The second kappa shape index (κ2) is 5.32. The SMILES string of the molecule is OC12CCCCC1CCCC2Nc1ccc(F)cc1F. The minimum atomic E-state index is -0.739. The summed E-state index contributed by atoms with van der Waals surface area (Å²) in [6.45, 7) is 0. The zero-order chi connectivity index (χ0) is 14.2. The van der Waals surface area contributed by atoms with Gasteiger partial charge in [0.05, 0.1) is 17.3 Å². The predicted octanol–water partition coefficient (Wildman–Crippen LogP) is 3.85. The van der Waals surface area contributed by atoms with Crippen molar-refractivity contribution in [2.45, 2.75) is 56.6 Å². The molecule has 2 nitrogen and oxygen atoms in total. The van der Waals surface area contributed by atoms with E-state index in [1.54, 1.807) is 0 Å². The van der Waals surface area contributed by atoms with Gasteiger partial charge < -0.3 is 10.4 Å². The molecule has 4 heteroatoms. The normalized spacial score (nSPS) is 33.5. The summed E-state index contributed by atoms with van der Waals surface area (Å²) < 4.78 is 26.7. The van der Waals surface area contributed by atoms with Gasteiger partial charge in [0.25, 0.3) is 0 Å². The van der Waals surface area contributed by atoms with Crippen molar-refractivity contribution in [2.75, 3.05) is 5.32 Å². The van der Waals surface area contributed by atoms with Crippen LogP contribution in [0.5, 0.6) is 0 Å². The van der Waals surface area contributed by atoms with E-state index in [4.69, 9.17) is 0 Å². The van der Waals surface area contributed by atoms with Crippen LogP contribution >= 0.6 is 0 Å². The lowest BCUT2D eigenvalue weighted by atomic mass is 9.65. The van der Waals surface area contributed by atoms with Crippen LogP contribution in [0.3, 0.4) is 0 Å². The molecule has 0 spiro atoms. The Morgan fingerprint density at radius 2 is 1.90 bits per heavy atom. The van der Waals surface area contributed by atoms with E-state index in [2.05, 4.69) is 5.32 Å². The van der Waals surface area contributed by atoms with Crippen molar-refractivity contribution in [3.63, 3.8) is 0 Å². The molecule has 2 aliphatic carbocycles. The Labute approximate surface area is 118 Å². The molecule has 110 valence electrons. The zero-order valence-electron chi connectivity index (χ0n) is 11.5. The summed E-state index contributed by atoms with van der Waals surface area (Å²) in [5.41, 5.74) is -0.451. The van der Waals surface area contributed by atoms with Gasteiger partial charge >= 0.3 is 0 Å². The standard InChI is InChI=1S/C16H21F2NO/c17-12-7-8-14(13(18)10-12)19-15-6-3-5-11-4-1-2-9-16(11,15)20/h7-8,10-11,15,19-20H,1-6,9H2. The van der Waals surface area contributed by atoms with Gasteiger partial charge in [-0.2, -0.15) is 0 Å². The van der Waals surface area contributed by atoms with Crippen LogP contribution < -0.4 is 5.32 Å². The van der Waals surface area contributed by atoms with Gasteiger partial charge in [-0.15, -0.1) is 0 Å². The van der Waals surface area contributed by atoms with Crippen LogP contribution in [0, 0.1) is 17.6 Å². The maximum absolute atomic E-state index is 13.8. The van der Waals surface area contributed by atoms with E-state index in [0.29, 0.717) is 5.92 Å². The van der Waals surface area contributed by atoms with Crippen LogP contribution in [0.25, 0.3) is 0 Å². The van der Waals surface area contributed by atoms with E-state index >= 15 is 0 Å². The van der Waals surface area contributed by atoms with Gasteiger partial charge in [-0.05, 0) is 43.7 Å². The molecular formula is C16H21F2NO. The van der Waals surface area contributed by atoms with Gasteiger partial charge in [0.1, 0.15) is 11.6 Å². The van der Waals surface area contributed by atoms with Gasteiger partial charge in [-0.3, -0.25) is 0 Å². The Balaban J connectivity index is 1.81. The van der Waals surface area contributed by atoms with Crippen LogP contribution in [0.4, 0.5) is 14.5 Å². The van der Waals surface area contributed by atoms with Crippen molar-refractivity contribution in [1.29, 1.82) is 0 Å². The second-order valence-electron chi connectivity index (χ2n) is 6.19. The van der Waals surface area contributed by atoms with Gasteiger partial charge in [0, 0.05) is 6.07 Å². The Kier molecular flexibility index (Phi) is 3.67. The largest absolute Gasteiger partial charge is 0.387 e. The summed E-state index contributed by atoms with van der Waals surface area (Å²) in [5.74, 6) is -0.858. The Morgan fingerprint density at radius 1 is 1.10 bits per heavy atom. The number of anilines is 1. The molecule has 2 saturated carbocycles. The summed E-state index contributed by atoms with van der Waals surface area (Å²) in [6, 6.07) is 3.41. The molecule has 0 radical (unpaired) electrons. The number of fused-ring (bicyclic) bond motifs is 1. The van der Waals surface area contributed by atoms with Gasteiger partial charge in [-0.25, -0.2) is 8.78 Å². The molecule has 3 unspecified atom stereocenters. The molecule has 0 amide bonds. The lowest BCUT2D eigenvalue weighted by Crippen LogP contribution is -2.56. The molecular weight excluding hydrogens is 260 g/mol. The second-order valence-corrected chi connectivity index (χ2v) is 6.19. The van der Waals surface area contributed by atoms with Crippen molar-refractivity contribution < 1.29 is 13.9 Å². The van der Waals surface area contributed by atoms with E-state index in [1.165, 1.54) is 18.6 Å². The molecule has 2 fully saturated rings. The van der Waals surface area contributed by atoms with Gasteiger partial charge in [0.15, 0.2) is 0 Å². The molecule has 0 aliphatic heterocycles. The number of aliphatic hydroxyl groups is 1. The molecule has 0 heterocycles. The number of hydrogen-bond acceptors (Lipinski definition) is 2. The average Bonchev–Trinajstić information content (AvgIpc) is 2.42. The lowest BCUT2D eigenvalue weighted by Gasteiger charge is -2.49. The highest BCUT2D eigenvalue weighted by atomic mass is 19.1. The van der Waals surface area contributed by atoms with Crippen LogP contribution in [0.2, 0.25) is 0 Å². The highest BCUT2D eigenvalue weighted by Gasteiger charge is 2.47. The summed E-state index contributed by atoms with van der Waals surface area (Å²) in [5, 5.41) is 14.1. The average molecular weight is 281 g/mol. The monoisotopic (exact) mass is 281 g/mol. The quantitative estimate of drug-likeness (QED) is 0.863. The number of halogens is 2. The first kappa shape index (κ1) is 13.8. The van der Waals surface area contributed by atoms with Gasteiger partial charge in [0.2, 0.25) is 0 Å². The first-order valence-corrected chi connectivity index (χ1v) is 7.53. The fourth-order valence-electron chi connectivity index (χ4n) is 3.92. The molecule has 3 atom stereocenters. The third-order valence-electron chi connectivity index (χ3n) is 5.00. The highest BCUT2D eigenvalue weighted by Crippen LogP contribution is 2.44. The zero-order valence-corrected chi connectivity index (χ0v) is 11.5. The van der Waals surface area contributed by atoms with Crippen LogP contribution in [-0.4, -0.2) is 16.7 Å². The minimum absolute atomic E-state index is 0.137. The fourth-order valence-corrected chi connectivity index (χ4v) is 3.92. The molecule has 0 bridgehead atoms. The third kappa shape index (κ3) is 2.41. The predicted molar refractivity (Wildman–Crippen MR) is 74.5 cm³/mol. The maximum atomic E-state index is 13.8. The number of nitrogens with one attached hydrogen (secondary N) is 1. The maximum Gasteiger partial charge on any atom is 0.149 e. The van der Waals surface area contributed by atoms with Crippen LogP contribution in [-0.2, 0) is 0 Å². The topological polar surface area (TPSA) is 32.3 Å². The van der Waals surface area contributed by atoms with Gasteiger partial charge in [-0.1, -0.05) is 19.3 Å². The van der Waals surface area contributed by atoms with Crippen molar-refractivity contribution >= 4 is 5.69 Å². The van der Waals surface area contributed by atoms with E-state index in [0.717, 1.165) is 44.6 Å². The van der Waals surface area contributed by atoms with Crippen LogP contribution in [0.1, 0.15) is 44.9 Å². The van der Waals surface area contributed by atoms with Crippen LogP contribution in [0.15, 0.2) is 18.2 Å². The van der Waals surface area contributed by atoms with E-state index in [-0.39, 0.29) is 11.7 Å². The molecule has 3 rings (SSSR count). The molecule has 2 N–H and O–H groups in total. The number of benzene rings is 1.